The summed E-state index contributed by atoms with van der Waals surface area (Å²) in [6, 6.07) is 0. The molecule has 3 heterocycles. The Hall–Kier alpha value is -1.22. The molecule has 12 nitrogen and oxygen atoms in total. The van der Waals surface area contributed by atoms with Crippen LogP contribution < -0.4 is 0 Å². The number of methoxy groups -OCH3 is 2. The molecular formula is C15H25N3O9. The lowest BCUT2D eigenvalue weighted by molar-refractivity contribution is -0.134. The molecule has 0 aromatic carbocycles. The molecule has 8 atom stereocenters. The van der Waals surface area contributed by atoms with E-state index in [1.54, 1.807) is 6.20 Å². The molecule has 12 heteroatoms. The lowest BCUT2D eigenvalue weighted by Crippen LogP contribution is -2.37. The van der Waals surface area contributed by atoms with Crippen LogP contribution in [0.5, 0.6) is 0 Å². The van der Waals surface area contributed by atoms with Gasteiger partial charge in [-0.1, -0.05) is 5.21 Å². The molecule has 1 aromatic rings. The summed E-state index contributed by atoms with van der Waals surface area (Å²) in [7, 11) is 2.90. The van der Waals surface area contributed by atoms with Gasteiger partial charge in [0.05, 0.1) is 26.0 Å². The SMILES string of the molecule is COCC1OC(O)C(O)C1OCc1cn(CC2OC(O)C(O)C2OC)nn1. The Balaban J connectivity index is 1.55. The van der Waals surface area contributed by atoms with E-state index in [0.29, 0.717) is 5.69 Å². The fraction of sp³-hybridized carbons (Fsp3) is 0.867. The third-order valence-electron chi connectivity index (χ3n) is 4.60. The smallest absolute Gasteiger partial charge is 0.184 e. The van der Waals surface area contributed by atoms with Crippen LogP contribution in [0.15, 0.2) is 6.20 Å². The maximum atomic E-state index is 9.96. The van der Waals surface area contributed by atoms with Crippen LogP contribution >= 0.6 is 0 Å². The van der Waals surface area contributed by atoms with Gasteiger partial charge in [0.15, 0.2) is 12.6 Å². The second-order valence-electron chi connectivity index (χ2n) is 6.47. The second kappa shape index (κ2) is 8.86. The van der Waals surface area contributed by atoms with Gasteiger partial charge in [0.25, 0.3) is 0 Å². The first-order chi connectivity index (χ1) is 12.9. The summed E-state index contributed by atoms with van der Waals surface area (Å²) in [4.78, 5) is 0. The molecule has 8 unspecified atom stereocenters. The molecule has 2 aliphatic rings. The first-order valence-corrected chi connectivity index (χ1v) is 8.50. The average Bonchev–Trinajstić information content (AvgIpc) is 3.26. The molecule has 0 spiro atoms. The Bertz CT molecular complexity index is 603. The van der Waals surface area contributed by atoms with E-state index >= 15 is 0 Å². The lowest BCUT2D eigenvalue weighted by atomic mass is 10.1. The molecule has 154 valence electrons. The fourth-order valence-electron chi connectivity index (χ4n) is 3.24. The number of aliphatic hydroxyl groups excluding tert-OH is 4. The molecule has 0 saturated carbocycles. The van der Waals surface area contributed by atoms with Crippen LogP contribution in [0.2, 0.25) is 0 Å². The molecule has 0 amide bonds. The fourth-order valence-corrected chi connectivity index (χ4v) is 3.24. The highest BCUT2D eigenvalue weighted by molar-refractivity contribution is 4.94. The van der Waals surface area contributed by atoms with Gasteiger partial charge >= 0.3 is 0 Å². The highest BCUT2D eigenvalue weighted by atomic mass is 16.7. The zero-order chi connectivity index (χ0) is 19.6. The summed E-state index contributed by atoms with van der Waals surface area (Å²) >= 11 is 0. The predicted octanol–water partition coefficient (Wildman–Crippen LogP) is -3.02. The van der Waals surface area contributed by atoms with Crippen molar-refractivity contribution in [3.8, 4) is 0 Å². The van der Waals surface area contributed by atoms with Crippen LogP contribution in [0.1, 0.15) is 5.69 Å². The van der Waals surface area contributed by atoms with Gasteiger partial charge in [-0.25, -0.2) is 4.68 Å². The van der Waals surface area contributed by atoms with E-state index in [0.717, 1.165) is 0 Å². The van der Waals surface area contributed by atoms with Gasteiger partial charge in [-0.05, 0) is 0 Å². The number of hydrogen-bond acceptors (Lipinski definition) is 11. The van der Waals surface area contributed by atoms with E-state index in [9.17, 15) is 20.4 Å². The molecule has 2 fully saturated rings. The van der Waals surface area contributed by atoms with Crippen LogP contribution in [0.4, 0.5) is 0 Å². The summed E-state index contributed by atoms with van der Waals surface area (Å²) in [6.07, 6.45) is -6.05. The Morgan fingerprint density at radius 1 is 1.04 bits per heavy atom. The number of aliphatic hydroxyl groups is 4. The van der Waals surface area contributed by atoms with Crippen LogP contribution in [0.25, 0.3) is 0 Å². The standard InChI is InChI=1S/C15H25N3O9/c1-23-6-9-13(11(20)15(22)27-9)25-5-7-3-18(17-16-7)4-8-12(24-2)10(19)14(21)26-8/h3,8-15,19-22H,4-6H2,1-2H3. The average molecular weight is 391 g/mol. The Morgan fingerprint density at radius 3 is 2.37 bits per heavy atom. The quantitative estimate of drug-likeness (QED) is 0.357. The van der Waals surface area contributed by atoms with Crippen molar-refractivity contribution < 1.29 is 44.1 Å². The van der Waals surface area contributed by atoms with E-state index in [2.05, 4.69) is 10.3 Å². The van der Waals surface area contributed by atoms with Gasteiger partial charge in [-0.15, -0.1) is 5.10 Å². The number of hydrogen-bond donors (Lipinski definition) is 4. The van der Waals surface area contributed by atoms with Gasteiger partial charge in [0.1, 0.15) is 42.3 Å². The van der Waals surface area contributed by atoms with Crippen LogP contribution in [0, 0.1) is 0 Å². The Kier molecular flexibility index (Phi) is 6.73. The third kappa shape index (κ3) is 4.45. The van der Waals surface area contributed by atoms with E-state index in [1.165, 1.54) is 18.9 Å². The Morgan fingerprint density at radius 2 is 1.70 bits per heavy atom. The first-order valence-electron chi connectivity index (χ1n) is 8.50. The molecule has 0 aliphatic carbocycles. The molecule has 4 N–H and O–H groups in total. The molecule has 3 rings (SSSR count). The van der Waals surface area contributed by atoms with Gasteiger partial charge in [0, 0.05) is 14.2 Å². The van der Waals surface area contributed by atoms with Gasteiger partial charge < -0.3 is 44.1 Å². The summed E-state index contributed by atoms with van der Waals surface area (Å²) in [6.45, 7) is 0.399. The van der Waals surface area contributed by atoms with Gasteiger partial charge in [0.2, 0.25) is 0 Å². The van der Waals surface area contributed by atoms with Crippen molar-refractivity contribution in [2.75, 3.05) is 20.8 Å². The molecule has 0 bridgehead atoms. The number of rotatable bonds is 8. The second-order valence-corrected chi connectivity index (χ2v) is 6.47. The van der Waals surface area contributed by atoms with Crippen LogP contribution in [-0.2, 0) is 36.8 Å². The van der Waals surface area contributed by atoms with E-state index in [-0.39, 0.29) is 19.8 Å². The van der Waals surface area contributed by atoms with Crippen molar-refractivity contribution in [2.45, 2.75) is 62.4 Å². The minimum Gasteiger partial charge on any atom is -0.385 e. The largest absolute Gasteiger partial charge is 0.385 e. The van der Waals surface area contributed by atoms with E-state index in [4.69, 9.17) is 23.7 Å². The van der Waals surface area contributed by atoms with E-state index in [1.807, 2.05) is 0 Å². The first kappa shape index (κ1) is 20.5. The highest BCUT2D eigenvalue weighted by Gasteiger charge is 2.44. The zero-order valence-electron chi connectivity index (χ0n) is 15.0. The molecular weight excluding hydrogens is 366 g/mol. The number of aromatic nitrogens is 3. The topological polar surface area (TPSA) is 158 Å². The number of ether oxygens (including phenoxy) is 5. The van der Waals surface area contributed by atoms with Gasteiger partial charge in [-0.2, -0.15) is 0 Å². The molecule has 0 radical (unpaired) electrons. The van der Waals surface area contributed by atoms with E-state index < -0.39 is 49.2 Å². The van der Waals surface area contributed by atoms with Gasteiger partial charge in [-0.3, -0.25) is 0 Å². The molecule has 2 saturated heterocycles. The summed E-state index contributed by atoms with van der Waals surface area (Å²) in [5.41, 5.74) is 0.479. The monoisotopic (exact) mass is 391 g/mol. The van der Waals surface area contributed by atoms with Crippen molar-refractivity contribution >= 4 is 0 Å². The minimum atomic E-state index is -1.34. The minimum absolute atomic E-state index is 0.0303. The maximum absolute atomic E-state index is 9.96. The predicted molar refractivity (Wildman–Crippen MR) is 85.0 cm³/mol. The normalized spacial score (nSPS) is 39.3. The van der Waals surface area contributed by atoms with Crippen LogP contribution in [0.3, 0.4) is 0 Å². The molecule has 2 aliphatic heterocycles. The van der Waals surface area contributed by atoms with Crippen molar-refractivity contribution in [3.05, 3.63) is 11.9 Å². The summed E-state index contributed by atoms with van der Waals surface area (Å²) < 4.78 is 27.7. The highest BCUT2D eigenvalue weighted by Crippen LogP contribution is 2.25. The zero-order valence-corrected chi connectivity index (χ0v) is 15.0. The van der Waals surface area contributed by atoms with Crippen molar-refractivity contribution in [1.29, 1.82) is 0 Å². The van der Waals surface area contributed by atoms with Crippen molar-refractivity contribution in [2.24, 2.45) is 0 Å². The third-order valence-corrected chi connectivity index (χ3v) is 4.60. The maximum Gasteiger partial charge on any atom is 0.184 e. The Labute approximate surface area is 155 Å². The molecule has 1 aromatic heterocycles. The summed E-state index contributed by atoms with van der Waals surface area (Å²) in [5, 5.41) is 46.9. The summed E-state index contributed by atoms with van der Waals surface area (Å²) in [5.74, 6) is 0. The van der Waals surface area contributed by atoms with Crippen molar-refractivity contribution in [1.82, 2.24) is 15.0 Å². The van der Waals surface area contributed by atoms with Crippen molar-refractivity contribution in [3.63, 3.8) is 0 Å². The number of nitrogens with zero attached hydrogens (tertiary/aromatic N) is 3. The molecule has 27 heavy (non-hydrogen) atoms. The lowest BCUT2D eigenvalue weighted by Gasteiger charge is -2.19. The van der Waals surface area contributed by atoms with Crippen LogP contribution in [-0.4, -0.2) is 105 Å².